The molecule has 1 N–H and O–H groups in total. The van der Waals surface area contributed by atoms with Crippen molar-refractivity contribution in [2.24, 2.45) is 0 Å². The Morgan fingerprint density at radius 3 is 2.38 bits per heavy atom. The highest BCUT2D eigenvalue weighted by Gasteiger charge is 2.47. The van der Waals surface area contributed by atoms with Crippen molar-refractivity contribution in [3.8, 4) is 0 Å². The molecule has 6 heteroatoms. The second-order valence-corrected chi connectivity index (χ2v) is 8.67. The van der Waals surface area contributed by atoms with Crippen molar-refractivity contribution in [1.29, 1.82) is 0 Å². The van der Waals surface area contributed by atoms with Crippen LogP contribution in [0.1, 0.15) is 71.6 Å². The fourth-order valence-electron chi connectivity index (χ4n) is 3.01. The monoisotopic (exact) mass is 319 g/mol. The first-order chi connectivity index (χ1) is 9.85. The summed E-state index contributed by atoms with van der Waals surface area (Å²) in [6.45, 7) is 4.04. The maximum atomic E-state index is 12.6. The average Bonchev–Trinajstić information content (AvgIpc) is 2.42. The molecule has 1 atom stereocenters. The van der Waals surface area contributed by atoms with Crippen molar-refractivity contribution >= 4 is 15.9 Å². The van der Waals surface area contributed by atoms with Crippen molar-refractivity contribution in [3.05, 3.63) is 0 Å². The number of unbranched alkanes of at least 4 members (excludes halogenated alkanes) is 5. The van der Waals surface area contributed by atoms with Crippen LogP contribution in [-0.4, -0.2) is 41.7 Å². The molecule has 5 nitrogen and oxygen atoms in total. The van der Waals surface area contributed by atoms with Gasteiger partial charge in [-0.25, -0.2) is 13.2 Å². The lowest BCUT2D eigenvalue weighted by Gasteiger charge is -2.42. The van der Waals surface area contributed by atoms with Crippen molar-refractivity contribution in [1.82, 2.24) is 4.90 Å². The number of likely N-dealkylation sites (tertiary alicyclic amines) is 1. The molecule has 1 fully saturated rings. The zero-order valence-corrected chi connectivity index (χ0v) is 14.1. The van der Waals surface area contributed by atoms with Gasteiger partial charge in [-0.3, -0.25) is 4.90 Å². The highest BCUT2D eigenvalue weighted by atomic mass is 32.2. The molecule has 0 aliphatic carbocycles. The summed E-state index contributed by atoms with van der Waals surface area (Å²) in [7, 11) is -3.42. The number of sulfone groups is 1. The SMILES string of the molecule is CCCCCCCCS(=O)(=O)C1(C)CCCCN1C(=O)O. The summed E-state index contributed by atoms with van der Waals surface area (Å²) in [6.07, 6.45) is 6.92. The van der Waals surface area contributed by atoms with Gasteiger partial charge in [-0.05, 0) is 32.6 Å². The van der Waals surface area contributed by atoms with Crippen molar-refractivity contribution in [3.63, 3.8) is 0 Å². The standard InChI is InChI=1S/C15H29NO4S/c1-3-4-5-6-7-10-13-21(19,20)15(2)11-8-9-12-16(15)14(17)18/h3-13H2,1-2H3,(H,17,18). The largest absolute Gasteiger partial charge is 0.465 e. The van der Waals surface area contributed by atoms with E-state index in [1.165, 1.54) is 12.8 Å². The molecular weight excluding hydrogens is 290 g/mol. The van der Waals surface area contributed by atoms with E-state index in [1.54, 1.807) is 6.92 Å². The Hall–Kier alpha value is -0.780. The predicted octanol–water partition coefficient (Wildman–Crippen LogP) is 3.64. The van der Waals surface area contributed by atoms with Crippen LogP contribution in [-0.2, 0) is 9.84 Å². The Morgan fingerprint density at radius 2 is 1.76 bits per heavy atom. The first-order valence-electron chi connectivity index (χ1n) is 8.08. The normalized spacial score (nSPS) is 23.2. The molecular formula is C15H29NO4S. The molecule has 1 unspecified atom stereocenters. The van der Waals surface area contributed by atoms with E-state index in [0.29, 0.717) is 19.4 Å². The molecule has 0 aromatic carbocycles. The van der Waals surface area contributed by atoms with Crippen LogP contribution < -0.4 is 0 Å². The third-order valence-corrected chi connectivity index (χ3v) is 7.10. The summed E-state index contributed by atoms with van der Waals surface area (Å²) >= 11 is 0. The van der Waals surface area contributed by atoms with E-state index in [4.69, 9.17) is 0 Å². The molecule has 0 bridgehead atoms. The summed E-state index contributed by atoms with van der Waals surface area (Å²) < 4.78 is 25.2. The van der Waals surface area contributed by atoms with E-state index in [2.05, 4.69) is 6.92 Å². The van der Waals surface area contributed by atoms with Gasteiger partial charge in [-0.1, -0.05) is 39.0 Å². The van der Waals surface area contributed by atoms with Gasteiger partial charge in [-0.2, -0.15) is 0 Å². The van der Waals surface area contributed by atoms with E-state index in [-0.39, 0.29) is 5.75 Å². The molecule has 0 saturated carbocycles. The fraction of sp³-hybridized carbons (Fsp3) is 0.933. The van der Waals surface area contributed by atoms with Crippen LogP contribution in [0.15, 0.2) is 0 Å². The van der Waals surface area contributed by atoms with Gasteiger partial charge in [0.15, 0.2) is 9.84 Å². The molecule has 0 aromatic heterocycles. The van der Waals surface area contributed by atoms with Crippen LogP contribution in [0.25, 0.3) is 0 Å². The Morgan fingerprint density at radius 1 is 1.14 bits per heavy atom. The van der Waals surface area contributed by atoms with E-state index in [9.17, 15) is 18.3 Å². The quantitative estimate of drug-likeness (QED) is 0.693. The lowest BCUT2D eigenvalue weighted by Crippen LogP contribution is -2.57. The minimum atomic E-state index is -3.42. The van der Waals surface area contributed by atoms with Gasteiger partial charge < -0.3 is 5.11 Å². The average molecular weight is 319 g/mol. The van der Waals surface area contributed by atoms with Crippen molar-refractivity contribution in [2.45, 2.75) is 76.5 Å². The van der Waals surface area contributed by atoms with E-state index in [0.717, 1.165) is 37.0 Å². The molecule has 1 aliphatic rings. The van der Waals surface area contributed by atoms with Crippen LogP contribution in [0.3, 0.4) is 0 Å². The first kappa shape index (κ1) is 18.3. The molecule has 1 saturated heterocycles. The maximum Gasteiger partial charge on any atom is 0.408 e. The zero-order valence-electron chi connectivity index (χ0n) is 13.3. The number of carbonyl (C=O) groups is 1. The number of hydrogen-bond donors (Lipinski definition) is 1. The van der Waals surface area contributed by atoms with Gasteiger partial charge in [0.1, 0.15) is 4.87 Å². The van der Waals surface area contributed by atoms with Crippen LogP contribution in [0.2, 0.25) is 0 Å². The van der Waals surface area contributed by atoms with E-state index in [1.807, 2.05) is 0 Å². The summed E-state index contributed by atoms with van der Waals surface area (Å²) in [5, 5.41) is 9.27. The van der Waals surface area contributed by atoms with Crippen molar-refractivity contribution < 1.29 is 18.3 Å². The molecule has 0 radical (unpaired) electrons. The van der Waals surface area contributed by atoms with Crippen molar-refractivity contribution in [2.75, 3.05) is 12.3 Å². The number of piperidine rings is 1. The Kier molecular flexibility index (Phi) is 6.97. The van der Waals surface area contributed by atoms with Gasteiger partial charge in [0, 0.05) is 6.54 Å². The number of nitrogens with zero attached hydrogens (tertiary/aromatic N) is 1. The van der Waals surface area contributed by atoms with Gasteiger partial charge in [0.25, 0.3) is 0 Å². The topological polar surface area (TPSA) is 74.7 Å². The van der Waals surface area contributed by atoms with Gasteiger partial charge in [-0.15, -0.1) is 0 Å². The van der Waals surface area contributed by atoms with Gasteiger partial charge in [0.2, 0.25) is 0 Å². The van der Waals surface area contributed by atoms with Crippen LogP contribution in [0.5, 0.6) is 0 Å². The first-order valence-corrected chi connectivity index (χ1v) is 9.73. The Bertz CT molecular complexity index is 435. The third kappa shape index (κ3) is 4.59. The van der Waals surface area contributed by atoms with Crippen LogP contribution in [0, 0.1) is 0 Å². The second-order valence-electron chi connectivity index (χ2n) is 6.15. The number of amides is 1. The lowest BCUT2D eigenvalue weighted by atomic mass is 10.0. The summed E-state index contributed by atoms with van der Waals surface area (Å²) in [5.74, 6) is 0.0966. The minimum absolute atomic E-state index is 0.0966. The summed E-state index contributed by atoms with van der Waals surface area (Å²) in [4.78, 5) is 11.2. The highest BCUT2D eigenvalue weighted by molar-refractivity contribution is 7.92. The Labute approximate surface area is 128 Å². The van der Waals surface area contributed by atoms with E-state index >= 15 is 0 Å². The third-order valence-electron chi connectivity index (χ3n) is 4.51. The molecule has 0 spiro atoms. The molecule has 124 valence electrons. The molecule has 0 aromatic rings. The zero-order chi connectivity index (χ0) is 15.9. The maximum absolute atomic E-state index is 12.6. The van der Waals surface area contributed by atoms with Gasteiger partial charge >= 0.3 is 6.09 Å². The molecule has 1 heterocycles. The molecule has 21 heavy (non-hydrogen) atoms. The lowest BCUT2D eigenvalue weighted by molar-refractivity contribution is 0.0956. The van der Waals surface area contributed by atoms with Crippen LogP contribution in [0.4, 0.5) is 4.79 Å². The summed E-state index contributed by atoms with van der Waals surface area (Å²) in [6, 6.07) is 0. The second kappa shape index (κ2) is 8.01. The van der Waals surface area contributed by atoms with Crippen LogP contribution >= 0.6 is 0 Å². The number of hydrogen-bond acceptors (Lipinski definition) is 3. The molecule has 1 amide bonds. The fourth-order valence-corrected chi connectivity index (χ4v) is 4.99. The molecule has 1 rings (SSSR count). The Balaban J connectivity index is 2.60. The molecule has 1 aliphatic heterocycles. The summed E-state index contributed by atoms with van der Waals surface area (Å²) in [5.41, 5.74) is 0. The van der Waals surface area contributed by atoms with Gasteiger partial charge in [0.05, 0.1) is 5.75 Å². The smallest absolute Gasteiger partial charge is 0.408 e. The van der Waals surface area contributed by atoms with E-state index < -0.39 is 20.8 Å². The minimum Gasteiger partial charge on any atom is -0.465 e. The number of carboxylic acid groups (broad SMARTS) is 1. The number of rotatable bonds is 8. The predicted molar refractivity (Wildman–Crippen MR) is 84.1 cm³/mol. The highest BCUT2D eigenvalue weighted by Crippen LogP contribution is 2.34.